The van der Waals surface area contributed by atoms with Gasteiger partial charge in [-0.2, -0.15) is 0 Å². The van der Waals surface area contributed by atoms with Crippen LogP contribution in [0, 0.1) is 0 Å². The Morgan fingerprint density at radius 2 is 2.00 bits per heavy atom. The van der Waals surface area contributed by atoms with Gasteiger partial charge < -0.3 is 30.5 Å². The molecule has 1 radical (unpaired) electrons. The van der Waals surface area contributed by atoms with E-state index in [0.717, 1.165) is 0 Å². The number of rotatable bonds is 0. The Hall–Kier alpha value is -0.221. The van der Waals surface area contributed by atoms with Crippen molar-refractivity contribution in [2.45, 2.75) is 0 Å². The van der Waals surface area contributed by atoms with Gasteiger partial charge >= 0.3 is 23.1 Å². The smallest absolute Gasteiger partial charge is 1.00 e. The molecule has 7 heteroatoms. The molecule has 67 valence electrons. The molecule has 0 aliphatic carbocycles. The van der Waals surface area contributed by atoms with Gasteiger partial charge in [0.15, 0.2) is 0 Å². The molecule has 0 saturated heterocycles. The fourth-order valence-electron chi connectivity index (χ4n) is 0.389. The average molecular weight is 246 g/mol. The second kappa shape index (κ2) is 7.88. The van der Waals surface area contributed by atoms with Crippen LogP contribution in [0.4, 0.5) is 4.79 Å². The molecule has 0 atom stereocenters. The number of nitrogens with two attached hydrogens (primary N) is 1. The first-order valence-corrected chi connectivity index (χ1v) is 2.08. The molecule has 1 heterocycles. The fraction of sp³-hybridized carbons (Fsp3) is 0. The number of hydrogen-bond acceptors (Lipinski definition) is 2. The summed E-state index contributed by atoms with van der Waals surface area (Å²) in [5.41, 5.74) is 4.84. The Morgan fingerprint density at radius 3 is 2.18 bits per heavy atom. The predicted molar refractivity (Wildman–Crippen MR) is 27.2 cm³/mol. The van der Waals surface area contributed by atoms with E-state index in [0.29, 0.717) is 0 Å². The van der Waals surface area contributed by atoms with Crippen LogP contribution in [-0.2, 0) is 17.1 Å². The van der Waals surface area contributed by atoms with Gasteiger partial charge in [-0.1, -0.05) is 0 Å². The van der Waals surface area contributed by atoms with E-state index >= 15 is 0 Å². The van der Waals surface area contributed by atoms with Crippen molar-refractivity contribution in [2.24, 2.45) is 5.73 Å². The summed E-state index contributed by atoms with van der Waals surface area (Å²) < 4.78 is 1.19. The summed E-state index contributed by atoms with van der Waals surface area (Å²) in [5.74, 6) is 0. The van der Waals surface area contributed by atoms with Crippen molar-refractivity contribution >= 4 is 6.03 Å². The quantitative estimate of drug-likeness (QED) is 0.463. The normalized spacial score (nSPS) is 6.55. The van der Waals surface area contributed by atoms with Crippen LogP contribution in [0.2, 0.25) is 0 Å². The van der Waals surface area contributed by atoms with Crippen molar-refractivity contribution in [2.75, 3.05) is 0 Å². The first kappa shape index (κ1) is 17.0. The van der Waals surface area contributed by atoms with E-state index < -0.39 is 6.03 Å². The third-order valence-electron chi connectivity index (χ3n) is 0.759. The van der Waals surface area contributed by atoms with Gasteiger partial charge in [0.2, 0.25) is 0 Å². The van der Waals surface area contributed by atoms with Gasteiger partial charge in [-0.25, -0.2) is 9.78 Å². The first-order chi connectivity index (χ1) is 3.80. The van der Waals surface area contributed by atoms with Gasteiger partial charge in [-0.15, -0.1) is 0 Å². The molecule has 0 aliphatic rings. The molecule has 2 N–H and O–H groups in total. The zero-order valence-corrected chi connectivity index (χ0v) is 7.62. The number of amides is 1. The maximum atomic E-state index is 10.2. The van der Waals surface area contributed by atoms with Crippen molar-refractivity contribution in [3.63, 3.8) is 0 Å². The fourth-order valence-corrected chi connectivity index (χ4v) is 0.389. The Balaban J connectivity index is -0.000000213. The molecule has 0 aliphatic heterocycles. The van der Waals surface area contributed by atoms with E-state index in [4.69, 9.17) is 5.73 Å². The predicted octanol–water partition coefficient (Wildman–Crippen LogP) is -6.18. The van der Waals surface area contributed by atoms with Crippen molar-refractivity contribution < 1.29 is 46.7 Å². The molecule has 0 saturated carbocycles. The molecule has 0 bridgehead atoms. The number of aromatic nitrogens is 2. The van der Waals surface area contributed by atoms with E-state index in [1.165, 1.54) is 23.3 Å². The third-order valence-corrected chi connectivity index (χ3v) is 0.759. The van der Waals surface area contributed by atoms with Gasteiger partial charge in [-0.3, -0.25) is 4.57 Å². The van der Waals surface area contributed by atoms with E-state index in [2.05, 4.69) is 4.98 Å². The molecule has 0 aromatic carbocycles. The summed E-state index contributed by atoms with van der Waals surface area (Å²) in [5, 5.41) is 0. The number of hydrogen-bond donors (Lipinski definition) is 1. The van der Waals surface area contributed by atoms with Gasteiger partial charge in [-0.05, 0) is 0 Å². The summed E-state index contributed by atoms with van der Waals surface area (Å²) in [4.78, 5) is 13.8. The van der Waals surface area contributed by atoms with Crippen LogP contribution in [-0.4, -0.2) is 15.6 Å². The number of halogens is 2. The maximum absolute atomic E-state index is 10.2. The van der Waals surface area contributed by atoms with E-state index in [1.807, 2.05) is 0 Å². The molecule has 1 amide bonds. The molecule has 1 aromatic rings. The van der Waals surface area contributed by atoms with E-state index in [9.17, 15) is 4.79 Å². The van der Waals surface area contributed by atoms with Crippen LogP contribution in [0.1, 0.15) is 0 Å². The van der Waals surface area contributed by atoms with Crippen LogP contribution < -0.4 is 30.5 Å². The molecule has 0 fully saturated rings. The molecule has 4 nitrogen and oxygen atoms in total. The minimum atomic E-state index is -0.512. The van der Waals surface area contributed by atoms with Crippen LogP contribution in [0.25, 0.3) is 0 Å². The van der Waals surface area contributed by atoms with Crippen LogP contribution >= 0.6 is 0 Å². The largest absolute Gasteiger partial charge is 2.00 e. The molecule has 11 heavy (non-hydrogen) atoms. The van der Waals surface area contributed by atoms with Crippen LogP contribution in [0.15, 0.2) is 18.7 Å². The summed E-state index contributed by atoms with van der Waals surface area (Å²) in [6.45, 7) is 0. The first-order valence-electron chi connectivity index (χ1n) is 2.08. The minimum absolute atomic E-state index is 0. The minimum Gasteiger partial charge on any atom is -1.00 e. The summed E-state index contributed by atoms with van der Waals surface area (Å²) in [6.07, 6.45) is 4.33. The number of carbonyl (C=O) groups is 1. The second-order valence-corrected chi connectivity index (χ2v) is 1.31. The number of carbonyl (C=O) groups excluding carboxylic acids is 1. The van der Waals surface area contributed by atoms with Crippen molar-refractivity contribution in [3.8, 4) is 0 Å². The monoisotopic (exact) mass is 244 g/mol. The Labute approximate surface area is 86.8 Å². The van der Waals surface area contributed by atoms with Crippen molar-refractivity contribution in [3.05, 3.63) is 18.7 Å². The number of primary amides is 1. The standard InChI is InChI=1S/C4H5N3O.2ClH.Cu/c5-4(8)7-2-1-6-3-7;;;/h1-3H,(H2,5,8);2*1H;/q;;;+2/p-2. The zero-order valence-electron chi connectivity index (χ0n) is 5.17. The molecular weight excluding hydrogens is 241 g/mol. The van der Waals surface area contributed by atoms with Crippen LogP contribution in [0.5, 0.6) is 0 Å². The summed E-state index contributed by atoms with van der Waals surface area (Å²) in [7, 11) is 0. The van der Waals surface area contributed by atoms with Gasteiger partial charge in [0.1, 0.15) is 6.33 Å². The molecule has 1 aromatic heterocycles. The van der Waals surface area contributed by atoms with Crippen LogP contribution in [0.3, 0.4) is 0 Å². The van der Waals surface area contributed by atoms with Gasteiger partial charge in [0.05, 0.1) is 0 Å². The Kier molecular flexibility index (Phi) is 12.2. The Bertz CT molecular complexity index is 191. The number of imidazole rings is 1. The molecule has 0 spiro atoms. The Morgan fingerprint density at radius 1 is 1.45 bits per heavy atom. The summed E-state index contributed by atoms with van der Waals surface area (Å²) in [6, 6.07) is -0.512. The topological polar surface area (TPSA) is 60.9 Å². The zero-order chi connectivity index (χ0) is 5.98. The van der Waals surface area contributed by atoms with Gasteiger partial charge in [0.25, 0.3) is 0 Å². The SMILES string of the molecule is NC(=O)n1ccnc1.[Cl-].[Cl-].[Cu+2]. The van der Waals surface area contributed by atoms with E-state index in [-0.39, 0.29) is 41.9 Å². The average Bonchev–Trinajstić information content (AvgIpc) is 2.12. The molecular formula is C4H5Cl2CuN3O. The summed E-state index contributed by atoms with van der Waals surface area (Å²) >= 11 is 0. The molecule has 1 rings (SSSR count). The third kappa shape index (κ3) is 5.09. The van der Waals surface area contributed by atoms with E-state index in [1.54, 1.807) is 0 Å². The molecule has 0 unspecified atom stereocenters. The second-order valence-electron chi connectivity index (χ2n) is 1.31. The number of nitrogens with zero attached hydrogens (tertiary/aromatic N) is 2. The van der Waals surface area contributed by atoms with Crippen molar-refractivity contribution in [1.29, 1.82) is 0 Å². The maximum Gasteiger partial charge on any atom is 2.00 e. The van der Waals surface area contributed by atoms with Crippen molar-refractivity contribution in [1.82, 2.24) is 9.55 Å². The van der Waals surface area contributed by atoms with Gasteiger partial charge in [0, 0.05) is 12.4 Å².